The molecule has 0 aliphatic rings. The van der Waals surface area contributed by atoms with E-state index in [1.165, 1.54) is 4.88 Å². The van der Waals surface area contributed by atoms with E-state index in [4.69, 9.17) is 0 Å². The molecule has 0 aromatic carbocycles. The first-order valence-electron chi connectivity index (χ1n) is 6.36. The highest BCUT2D eigenvalue weighted by Crippen LogP contribution is 2.10. The zero-order valence-electron chi connectivity index (χ0n) is 11.0. The minimum absolute atomic E-state index is 0.0898. The minimum Gasteiger partial charge on any atom is -0.391 e. The second-order valence-electron chi connectivity index (χ2n) is 4.48. The molecule has 1 heterocycles. The zero-order chi connectivity index (χ0) is 13.4. The van der Waals surface area contributed by atoms with E-state index in [1.54, 1.807) is 11.3 Å². The van der Waals surface area contributed by atoms with E-state index in [0.29, 0.717) is 13.0 Å². The van der Waals surface area contributed by atoms with Gasteiger partial charge in [0.15, 0.2) is 0 Å². The summed E-state index contributed by atoms with van der Waals surface area (Å²) in [7, 11) is 0. The topological polar surface area (TPSA) is 61.4 Å². The summed E-state index contributed by atoms with van der Waals surface area (Å²) in [6.45, 7) is 4.29. The first-order valence-corrected chi connectivity index (χ1v) is 7.24. The molecule has 0 saturated heterocycles. The molecule has 1 aromatic heterocycles. The Morgan fingerprint density at radius 3 is 2.94 bits per heavy atom. The van der Waals surface area contributed by atoms with Gasteiger partial charge in [-0.2, -0.15) is 0 Å². The smallest absolute Gasteiger partial charge is 0.315 e. The predicted octanol–water partition coefficient (Wildman–Crippen LogP) is 2.14. The maximum Gasteiger partial charge on any atom is 0.315 e. The molecule has 3 N–H and O–H groups in total. The first-order chi connectivity index (χ1) is 8.61. The van der Waals surface area contributed by atoms with Crippen molar-refractivity contribution in [2.75, 3.05) is 6.54 Å². The molecule has 0 fully saturated rings. The molecule has 0 radical (unpaired) electrons. The lowest BCUT2D eigenvalue weighted by Gasteiger charge is -2.15. The molecule has 2 atom stereocenters. The standard InChI is InChI=1S/C13H22N2O2S/c1-3-5-11(16)9-14-13(17)15-10(2)8-12-6-4-7-18-12/h4,6-7,10-11,16H,3,5,8-9H2,1-2H3,(H2,14,15,17). The van der Waals surface area contributed by atoms with Crippen LogP contribution in [0.4, 0.5) is 4.79 Å². The Bertz CT molecular complexity index is 341. The van der Waals surface area contributed by atoms with Crippen molar-refractivity contribution in [3.8, 4) is 0 Å². The summed E-state index contributed by atoms with van der Waals surface area (Å²) in [4.78, 5) is 12.8. The van der Waals surface area contributed by atoms with Crippen LogP contribution in [0, 0.1) is 0 Å². The predicted molar refractivity (Wildman–Crippen MR) is 74.9 cm³/mol. The monoisotopic (exact) mass is 270 g/mol. The van der Waals surface area contributed by atoms with E-state index >= 15 is 0 Å². The highest BCUT2D eigenvalue weighted by molar-refractivity contribution is 7.09. The zero-order valence-corrected chi connectivity index (χ0v) is 11.8. The second-order valence-corrected chi connectivity index (χ2v) is 5.51. The summed E-state index contributed by atoms with van der Waals surface area (Å²) in [6, 6.07) is 3.95. The number of nitrogens with one attached hydrogen (secondary N) is 2. The summed E-state index contributed by atoms with van der Waals surface area (Å²) in [5, 5.41) is 17.1. The molecule has 1 rings (SSSR count). The molecular weight excluding hydrogens is 248 g/mol. The summed E-state index contributed by atoms with van der Waals surface area (Å²) in [5.74, 6) is 0. The summed E-state index contributed by atoms with van der Waals surface area (Å²) in [6.07, 6.45) is 2.01. The van der Waals surface area contributed by atoms with Gasteiger partial charge in [0.1, 0.15) is 0 Å². The Morgan fingerprint density at radius 2 is 2.33 bits per heavy atom. The van der Waals surface area contributed by atoms with Crippen LogP contribution in [0.5, 0.6) is 0 Å². The van der Waals surface area contributed by atoms with Crippen LogP contribution in [0.2, 0.25) is 0 Å². The van der Waals surface area contributed by atoms with E-state index in [2.05, 4.69) is 16.7 Å². The van der Waals surface area contributed by atoms with Gasteiger partial charge in [-0.15, -0.1) is 11.3 Å². The summed E-state index contributed by atoms with van der Waals surface area (Å²) in [5.41, 5.74) is 0. The molecule has 2 unspecified atom stereocenters. The molecule has 0 saturated carbocycles. The number of urea groups is 1. The normalized spacial score (nSPS) is 13.9. The van der Waals surface area contributed by atoms with Crippen LogP contribution < -0.4 is 10.6 Å². The Kier molecular flexibility index (Phi) is 6.75. The summed E-state index contributed by atoms with van der Waals surface area (Å²) < 4.78 is 0. The number of hydrogen-bond donors (Lipinski definition) is 3. The van der Waals surface area contributed by atoms with Crippen molar-refractivity contribution in [1.82, 2.24) is 10.6 Å². The highest BCUT2D eigenvalue weighted by Gasteiger charge is 2.09. The van der Waals surface area contributed by atoms with E-state index < -0.39 is 6.10 Å². The van der Waals surface area contributed by atoms with Crippen molar-refractivity contribution in [3.63, 3.8) is 0 Å². The molecule has 4 nitrogen and oxygen atoms in total. The minimum atomic E-state index is -0.451. The Morgan fingerprint density at radius 1 is 1.56 bits per heavy atom. The lowest BCUT2D eigenvalue weighted by atomic mass is 10.2. The number of carbonyl (C=O) groups excluding carboxylic acids is 1. The van der Waals surface area contributed by atoms with E-state index in [-0.39, 0.29) is 12.1 Å². The fourth-order valence-electron chi connectivity index (χ4n) is 1.70. The van der Waals surface area contributed by atoms with Gasteiger partial charge in [-0.3, -0.25) is 0 Å². The number of carbonyl (C=O) groups is 1. The van der Waals surface area contributed by atoms with Crippen molar-refractivity contribution in [1.29, 1.82) is 0 Å². The van der Waals surface area contributed by atoms with Crippen LogP contribution >= 0.6 is 11.3 Å². The Hall–Kier alpha value is -1.07. The third-order valence-electron chi connectivity index (χ3n) is 2.59. The molecule has 18 heavy (non-hydrogen) atoms. The van der Waals surface area contributed by atoms with Gasteiger partial charge in [-0.05, 0) is 24.8 Å². The average Bonchev–Trinajstić information content (AvgIpc) is 2.79. The van der Waals surface area contributed by atoms with Gasteiger partial charge in [0, 0.05) is 23.9 Å². The molecule has 102 valence electrons. The van der Waals surface area contributed by atoms with E-state index in [0.717, 1.165) is 12.8 Å². The molecule has 0 bridgehead atoms. The maximum atomic E-state index is 11.6. The number of amides is 2. The van der Waals surface area contributed by atoms with Gasteiger partial charge in [0.25, 0.3) is 0 Å². The molecule has 5 heteroatoms. The molecule has 2 amide bonds. The molecular formula is C13H22N2O2S. The lowest BCUT2D eigenvalue weighted by molar-refractivity contribution is 0.160. The van der Waals surface area contributed by atoms with Crippen molar-refractivity contribution in [2.45, 2.75) is 45.3 Å². The SMILES string of the molecule is CCCC(O)CNC(=O)NC(C)Cc1cccs1. The fraction of sp³-hybridized carbons (Fsp3) is 0.615. The number of thiophene rings is 1. The molecule has 0 aliphatic carbocycles. The van der Waals surface area contributed by atoms with Crippen LogP contribution in [0.25, 0.3) is 0 Å². The van der Waals surface area contributed by atoms with Crippen molar-refractivity contribution in [2.24, 2.45) is 0 Å². The van der Waals surface area contributed by atoms with Crippen LogP contribution in [0.1, 0.15) is 31.6 Å². The largest absolute Gasteiger partial charge is 0.391 e. The van der Waals surface area contributed by atoms with E-state index in [1.807, 2.05) is 25.3 Å². The molecule has 0 aliphatic heterocycles. The average molecular weight is 270 g/mol. The van der Waals surface area contributed by atoms with Gasteiger partial charge < -0.3 is 15.7 Å². The van der Waals surface area contributed by atoms with Crippen molar-refractivity contribution >= 4 is 17.4 Å². The summed E-state index contributed by atoms with van der Waals surface area (Å²) >= 11 is 1.69. The van der Waals surface area contributed by atoms with Crippen LogP contribution in [0.15, 0.2) is 17.5 Å². The van der Waals surface area contributed by atoms with Gasteiger partial charge in [-0.1, -0.05) is 19.4 Å². The Balaban J connectivity index is 2.19. The van der Waals surface area contributed by atoms with Gasteiger partial charge >= 0.3 is 6.03 Å². The third-order valence-corrected chi connectivity index (χ3v) is 3.48. The van der Waals surface area contributed by atoms with Crippen molar-refractivity contribution in [3.05, 3.63) is 22.4 Å². The quantitative estimate of drug-likeness (QED) is 0.711. The first kappa shape index (κ1) is 15.0. The van der Waals surface area contributed by atoms with Gasteiger partial charge in [-0.25, -0.2) is 4.79 Å². The van der Waals surface area contributed by atoms with Gasteiger partial charge in [0.2, 0.25) is 0 Å². The number of rotatable bonds is 7. The molecule has 0 spiro atoms. The third kappa shape index (κ3) is 6.02. The number of aliphatic hydroxyl groups is 1. The van der Waals surface area contributed by atoms with Gasteiger partial charge in [0.05, 0.1) is 6.10 Å². The van der Waals surface area contributed by atoms with Crippen LogP contribution in [-0.4, -0.2) is 29.8 Å². The van der Waals surface area contributed by atoms with Crippen LogP contribution in [0.3, 0.4) is 0 Å². The van der Waals surface area contributed by atoms with Crippen molar-refractivity contribution < 1.29 is 9.90 Å². The fourth-order valence-corrected chi connectivity index (χ4v) is 2.54. The Labute approximate surface area is 112 Å². The maximum absolute atomic E-state index is 11.6. The highest BCUT2D eigenvalue weighted by atomic mass is 32.1. The lowest BCUT2D eigenvalue weighted by Crippen LogP contribution is -2.44. The molecule has 1 aromatic rings. The van der Waals surface area contributed by atoms with Crippen LogP contribution in [-0.2, 0) is 6.42 Å². The number of aliphatic hydroxyl groups excluding tert-OH is 1. The number of hydrogen-bond acceptors (Lipinski definition) is 3. The second kappa shape index (κ2) is 8.11. The van der Waals surface area contributed by atoms with E-state index in [9.17, 15) is 9.90 Å².